The number of para-hydroxylation sites is 1. The van der Waals surface area contributed by atoms with Crippen molar-refractivity contribution in [1.29, 1.82) is 0 Å². The van der Waals surface area contributed by atoms with Gasteiger partial charge in [0.25, 0.3) is 0 Å². The van der Waals surface area contributed by atoms with Crippen LogP contribution in [0.3, 0.4) is 0 Å². The summed E-state index contributed by atoms with van der Waals surface area (Å²) in [5.74, 6) is -0.997. The molecule has 1 aliphatic heterocycles. The minimum Gasteiger partial charge on any atom is -0.481 e. The molecule has 2 N–H and O–H groups in total. The van der Waals surface area contributed by atoms with E-state index < -0.39 is 16.8 Å². The smallest absolute Gasteiger partial charge is 0.307 e. The first-order chi connectivity index (χ1) is 8.97. The minimum absolute atomic E-state index is 0.216. The number of carbonyl (C=O) groups is 1. The molecule has 0 saturated carbocycles. The van der Waals surface area contributed by atoms with E-state index in [-0.39, 0.29) is 6.42 Å². The molecule has 100 valence electrons. The summed E-state index contributed by atoms with van der Waals surface area (Å²) in [5.41, 5.74) is 1.37. The fourth-order valence-corrected chi connectivity index (χ4v) is 3.08. The van der Waals surface area contributed by atoms with Crippen LogP contribution < -0.4 is 5.32 Å². The summed E-state index contributed by atoms with van der Waals surface area (Å²) in [5, 5.41) is 15.4. The number of aliphatic carboxylic acids is 1. The predicted octanol–water partition coefficient (Wildman–Crippen LogP) is 3.37. The van der Waals surface area contributed by atoms with E-state index in [1.165, 1.54) is 10.8 Å². The van der Waals surface area contributed by atoms with Gasteiger partial charge in [0, 0.05) is 10.8 Å². The monoisotopic (exact) mass is 317 g/mol. The Bertz CT molecular complexity index is 605. The summed E-state index contributed by atoms with van der Waals surface area (Å²) in [7, 11) is -1.32. The average Bonchev–Trinajstić information content (AvgIpc) is 2.63. The van der Waals surface area contributed by atoms with Gasteiger partial charge in [-0.1, -0.05) is 29.3 Å². The Balaban J connectivity index is 2.28. The number of carboxylic acids is 1. The third kappa shape index (κ3) is 3.37. The van der Waals surface area contributed by atoms with Gasteiger partial charge in [-0.05, 0) is 17.7 Å². The van der Waals surface area contributed by atoms with Gasteiger partial charge in [-0.15, -0.1) is 0 Å². The lowest BCUT2D eigenvalue weighted by Crippen LogP contribution is -2.05. The Kier molecular flexibility index (Phi) is 4.29. The number of hydrogen-bond acceptors (Lipinski definition) is 3. The quantitative estimate of drug-likeness (QED) is 0.893. The first kappa shape index (κ1) is 14.1. The molecule has 1 heterocycles. The molecule has 19 heavy (non-hydrogen) atoms. The van der Waals surface area contributed by atoms with Crippen LogP contribution in [0.5, 0.6) is 0 Å². The standard InChI is InChI=1S/C12H9Cl2NO3S/c13-8-2-1-3-9(14)12(8)15-10-6-19(18)5-7(10)4-11(16)17/h1-3,5-6,15H,4H2,(H,16,17). The molecular weight excluding hydrogens is 309 g/mol. The lowest BCUT2D eigenvalue weighted by Gasteiger charge is -2.12. The van der Waals surface area contributed by atoms with Crippen molar-refractivity contribution < 1.29 is 14.1 Å². The Morgan fingerprint density at radius 3 is 2.47 bits per heavy atom. The Labute approximate surface area is 122 Å². The number of nitrogens with one attached hydrogen (secondary N) is 1. The van der Waals surface area contributed by atoms with Gasteiger partial charge in [-0.2, -0.15) is 0 Å². The number of allylic oxidation sites excluding steroid dienone is 1. The second-order valence-electron chi connectivity index (χ2n) is 3.80. The van der Waals surface area contributed by atoms with E-state index in [0.717, 1.165) is 0 Å². The lowest BCUT2D eigenvalue weighted by atomic mass is 10.1. The number of anilines is 1. The van der Waals surface area contributed by atoms with Crippen LogP contribution in [0.4, 0.5) is 5.69 Å². The summed E-state index contributed by atoms with van der Waals surface area (Å²) in [4.78, 5) is 10.7. The molecule has 1 aliphatic rings. The zero-order valence-corrected chi connectivity index (χ0v) is 11.9. The summed E-state index contributed by atoms with van der Waals surface area (Å²) >= 11 is 12.0. The van der Waals surface area contributed by atoms with Gasteiger partial charge in [0.05, 0.1) is 38.7 Å². The molecule has 0 saturated heterocycles. The Morgan fingerprint density at radius 1 is 1.26 bits per heavy atom. The summed E-state index contributed by atoms with van der Waals surface area (Å²) in [6.45, 7) is 0. The molecule has 0 spiro atoms. The van der Waals surface area contributed by atoms with Crippen LogP contribution in [0.25, 0.3) is 0 Å². The van der Waals surface area contributed by atoms with Gasteiger partial charge < -0.3 is 10.4 Å². The van der Waals surface area contributed by atoms with Crippen molar-refractivity contribution in [2.24, 2.45) is 0 Å². The van der Waals surface area contributed by atoms with Crippen LogP contribution in [0.15, 0.2) is 40.3 Å². The van der Waals surface area contributed by atoms with E-state index in [4.69, 9.17) is 28.3 Å². The number of halogens is 2. The maximum Gasteiger partial charge on any atom is 0.307 e. The van der Waals surface area contributed by atoms with Crippen LogP contribution in [0, 0.1) is 0 Å². The van der Waals surface area contributed by atoms with Crippen LogP contribution in [0.1, 0.15) is 6.42 Å². The predicted molar refractivity (Wildman–Crippen MR) is 76.6 cm³/mol. The van der Waals surface area contributed by atoms with Gasteiger partial charge in [0.15, 0.2) is 0 Å². The molecule has 1 atom stereocenters. The van der Waals surface area contributed by atoms with Gasteiger partial charge >= 0.3 is 5.97 Å². The molecule has 1 aromatic rings. The van der Waals surface area contributed by atoms with Crippen LogP contribution >= 0.6 is 23.2 Å². The van der Waals surface area contributed by atoms with E-state index in [2.05, 4.69) is 5.32 Å². The molecule has 7 heteroatoms. The fourth-order valence-electron chi connectivity index (χ4n) is 1.59. The molecule has 1 aromatic carbocycles. The summed E-state index contributed by atoms with van der Waals surface area (Å²) < 4.78 is 11.5. The normalized spacial score (nSPS) is 17.9. The van der Waals surface area contributed by atoms with Crippen LogP contribution in [0.2, 0.25) is 10.0 Å². The highest BCUT2D eigenvalue weighted by Gasteiger charge is 2.19. The zero-order chi connectivity index (χ0) is 14.0. The van der Waals surface area contributed by atoms with E-state index in [9.17, 15) is 9.00 Å². The first-order valence-corrected chi connectivity index (χ1v) is 7.25. The number of hydrogen-bond donors (Lipinski definition) is 2. The summed E-state index contributed by atoms with van der Waals surface area (Å²) in [6.07, 6.45) is -0.216. The fraction of sp³-hybridized carbons (Fsp3) is 0.0833. The van der Waals surface area contributed by atoms with E-state index >= 15 is 0 Å². The first-order valence-electron chi connectivity index (χ1n) is 5.22. The maximum absolute atomic E-state index is 11.5. The molecule has 0 aliphatic carbocycles. The van der Waals surface area contributed by atoms with Crippen molar-refractivity contribution in [2.45, 2.75) is 6.42 Å². The van der Waals surface area contributed by atoms with Gasteiger partial charge in [0.1, 0.15) is 0 Å². The third-order valence-corrected chi connectivity index (χ3v) is 4.02. The van der Waals surface area contributed by atoms with E-state index in [0.29, 0.717) is 27.0 Å². The number of carboxylic acid groups (broad SMARTS) is 1. The largest absolute Gasteiger partial charge is 0.481 e. The van der Waals surface area contributed by atoms with E-state index in [1.54, 1.807) is 18.2 Å². The maximum atomic E-state index is 11.5. The molecule has 0 radical (unpaired) electrons. The van der Waals surface area contributed by atoms with Crippen molar-refractivity contribution in [1.82, 2.24) is 0 Å². The van der Waals surface area contributed by atoms with Crippen LogP contribution in [-0.4, -0.2) is 15.3 Å². The average molecular weight is 318 g/mol. The molecule has 0 fully saturated rings. The topological polar surface area (TPSA) is 66.4 Å². The second kappa shape index (κ2) is 5.77. The number of benzene rings is 1. The molecule has 2 rings (SSSR count). The zero-order valence-electron chi connectivity index (χ0n) is 9.52. The van der Waals surface area contributed by atoms with Gasteiger partial charge in [-0.3, -0.25) is 9.00 Å². The molecule has 0 bridgehead atoms. The van der Waals surface area contributed by atoms with Crippen molar-refractivity contribution in [2.75, 3.05) is 5.32 Å². The molecular formula is C12H9Cl2NO3S. The SMILES string of the molecule is O=C(O)CC1=CS(=O)C=C1Nc1c(Cl)cccc1Cl. The number of rotatable bonds is 4. The van der Waals surface area contributed by atoms with Crippen molar-refractivity contribution in [3.05, 3.63) is 50.3 Å². The Hall–Kier alpha value is -1.30. The second-order valence-corrected chi connectivity index (χ2v) is 5.74. The molecule has 0 aromatic heterocycles. The van der Waals surface area contributed by atoms with Gasteiger partial charge in [-0.25, -0.2) is 0 Å². The highest BCUT2D eigenvalue weighted by Crippen LogP contribution is 2.33. The Morgan fingerprint density at radius 2 is 1.89 bits per heavy atom. The summed E-state index contributed by atoms with van der Waals surface area (Å²) in [6, 6.07) is 5.01. The van der Waals surface area contributed by atoms with Crippen molar-refractivity contribution >= 4 is 45.7 Å². The highest BCUT2D eigenvalue weighted by atomic mass is 35.5. The molecule has 1 unspecified atom stereocenters. The van der Waals surface area contributed by atoms with Crippen molar-refractivity contribution in [3.63, 3.8) is 0 Å². The minimum atomic E-state index is -1.32. The third-order valence-electron chi connectivity index (χ3n) is 2.40. The highest BCUT2D eigenvalue weighted by molar-refractivity contribution is 7.91. The lowest BCUT2D eigenvalue weighted by molar-refractivity contribution is -0.136. The molecule has 4 nitrogen and oxygen atoms in total. The van der Waals surface area contributed by atoms with Crippen molar-refractivity contribution in [3.8, 4) is 0 Å². The van der Waals surface area contributed by atoms with Gasteiger partial charge in [0.2, 0.25) is 0 Å². The van der Waals surface area contributed by atoms with Crippen LogP contribution in [-0.2, 0) is 15.6 Å². The van der Waals surface area contributed by atoms with E-state index in [1.807, 2.05) is 0 Å². The molecule has 0 amide bonds.